The van der Waals surface area contributed by atoms with E-state index in [9.17, 15) is 18.0 Å². The van der Waals surface area contributed by atoms with Crippen molar-refractivity contribution in [1.82, 2.24) is 4.72 Å². The van der Waals surface area contributed by atoms with Gasteiger partial charge in [-0.2, -0.15) is 0 Å². The van der Waals surface area contributed by atoms with Gasteiger partial charge >= 0.3 is 5.97 Å². The fraction of sp³-hybridized carbons (Fsp3) is 0.517. The Balaban J connectivity index is 1.34. The van der Waals surface area contributed by atoms with Gasteiger partial charge in [0.25, 0.3) is 0 Å². The molecule has 0 spiro atoms. The highest BCUT2D eigenvalue weighted by Gasteiger charge is 2.42. The second-order valence-corrected chi connectivity index (χ2v) is 12.7. The van der Waals surface area contributed by atoms with Crippen LogP contribution in [0.2, 0.25) is 0 Å². The maximum absolute atomic E-state index is 12.5. The number of ether oxygens (including phenoxy) is 3. The number of aryl methyl sites for hydroxylation is 2. The van der Waals surface area contributed by atoms with Crippen molar-refractivity contribution in [3.63, 3.8) is 0 Å². The van der Waals surface area contributed by atoms with E-state index in [0.29, 0.717) is 32.2 Å². The first kappa shape index (κ1) is 29.2. The van der Waals surface area contributed by atoms with Crippen LogP contribution < -0.4 is 9.62 Å². The Morgan fingerprint density at radius 2 is 1.62 bits per heavy atom. The number of benzene rings is 2. The molecule has 9 nitrogen and oxygen atoms in total. The molecule has 2 aromatic carbocycles. The third-order valence-corrected chi connectivity index (χ3v) is 7.86. The second-order valence-electron chi connectivity index (χ2n) is 10.9. The topological polar surface area (TPSA) is 111 Å². The third-order valence-electron chi connectivity index (χ3n) is 7.13. The molecule has 2 saturated heterocycles. The van der Waals surface area contributed by atoms with Gasteiger partial charge in [-0.25, -0.2) is 13.1 Å². The van der Waals surface area contributed by atoms with Crippen molar-refractivity contribution in [2.75, 3.05) is 30.9 Å². The van der Waals surface area contributed by atoms with Crippen molar-refractivity contribution >= 4 is 27.6 Å². The van der Waals surface area contributed by atoms with E-state index < -0.39 is 21.4 Å². The quantitative estimate of drug-likeness (QED) is 0.255. The molecule has 1 unspecified atom stereocenters. The summed E-state index contributed by atoms with van der Waals surface area (Å²) in [6.07, 6.45) is 4.32. The third kappa shape index (κ3) is 7.88. The molecule has 0 radical (unpaired) electrons. The number of rotatable bonds is 11. The van der Waals surface area contributed by atoms with Crippen molar-refractivity contribution in [3.8, 4) is 0 Å². The minimum absolute atomic E-state index is 0.0221. The molecule has 1 amide bonds. The summed E-state index contributed by atoms with van der Waals surface area (Å²) in [4.78, 5) is 26.1. The van der Waals surface area contributed by atoms with Crippen molar-refractivity contribution in [2.24, 2.45) is 0 Å². The molecule has 0 aromatic heterocycles. The number of nitrogens with zero attached hydrogens (tertiary/aromatic N) is 1. The first-order valence-electron chi connectivity index (χ1n) is 13.3. The van der Waals surface area contributed by atoms with Gasteiger partial charge in [0.15, 0.2) is 11.4 Å². The van der Waals surface area contributed by atoms with Crippen LogP contribution in [-0.4, -0.2) is 57.7 Å². The van der Waals surface area contributed by atoms with Crippen molar-refractivity contribution in [3.05, 3.63) is 65.2 Å². The van der Waals surface area contributed by atoms with Crippen LogP contribution in [-0.2, 0) is 46.7 Å². The van der Waals surface area contributed by atoms with Gasteiger partial charge < -0.3 is 19.1 Å². The zero-order valence-corrected chi connectivity index (χ0v) is 23.9. The molecular weight excluding hydrogens is 520 g/mol. The van der Waals surface area contributed by atoms with Gasteiger partial charge in [0.2, 0.25) is 15.9 Å². The summed E-state index contributed by atoms with van der Waals surface area (Å²) >= 11 is 0. The summed E-state index contributed by atoms with van der Waals surface area (Å²) in [5.74, 6) is -0.975. The number of esters is 1. The molecule has 2 aliphatic rings. The molecule has 0 bridgehead atoms. The molecule has 2 heterocycles. The molecule has 0 saturated carbocycles. The Hall–Kier alpha value is -2.79. The summed E-state index contributed by atoms with van der Waals surface area (Å²) in [7, 11) is -3.18. The van der Waals surface area contributed by atoms with Crippen LogP contribution in [0.1, 0.15) is 62.8 Å². The highest BCUT2D eigenvalue weighted by molar-refractivity contribution is 7.88. The first-order valence-corrected chi connectivity index (χ1v) is 15.2. The Morgan fingerprint density at radius 3 is 2.18 bits per heavy atom. The number of anilines is 1. The lowest BCUT2D eigenvalue weighted by atomic mass is 9.90. The standard InChI is InChI=1S/C29H38N2O7S/c1-21(32)38-29(19-36-28(2,3)37-20-29)16-15-23-7-11-24(12-8-23)26-18-27(33)31(26)25-13-9-22(10-14-25)6-5-17-30-39(4,34)35/h7-14,26,30H,5-6,15-20H2,1-4H3. The van der Waals surface area contributed by atoms with E-state index in [1.54, 1.807) is 0 Å². The van der Waals surface area contributed by atoms with Crippen molar-refractivity contribution in [2.45, 2.75) is 70.3 Å². The van der Waals surface area contributed by atoms with E-state index in [1.807, 2.05) is 43.0 Å². The summed E-state index contributed by atoms with van der Waals surface area (Å²) in [6.45, 7) is 6.05. The SMILES string of the molecule is CC(=O)OC1(CCc2ccc(C3CC(=O)N3c3ccc(CCCNS(C)(=O)=O)cc3)cc2)COC(C)(C)OC1. The van der Waals surface area contributed by atoms with Crippen LogP contribution in [0.5, 0.6) is 0 Å². The summed E-state index contributed by atoms with van der Waals surface area (Å²) in [5, 5.41) is 0. The molecular formula is C29H38N2O7S. The predicted molar refractivity (Wildman–Crippen MR) is 148 cm³/mol. The van der Waals surface area contributed by atoms with Gasteiger partial charge in [0.1, 0.15) is 0 Å². The smallest absolute Gasteiger partial charge is 0.303 e. The Labute approximate surface area is 230 Å². The first-order chi connectivity index (χ1) is 18.3. The van der Waals surface area contributed by atoms with Crippen LogP contribution in [0.3, 0.4) is 0 Å². The van der Waals surface area contributed by atoms with Gasteiger partial charge in [0, 0.05) is 19.2 Å². The maximum Gasteiger partial charge on any atom is 0.303 e. The van der Waals surface area contributed by atoms with Gasteiger partial charge in [-0.3, -0.25) is 9.59 Å². The second kappa shape index (κ2) is 11.8. The molecule has 1 atom stereocenters. The Morgan fingerprint density at radius 1 is 1.03 bits per heavy atom. The van der Waals surface area contributed by atoms with Gasteiger partial charge in [-0.1, -0.05) is 36.4 Å². The average Bonchev–Trinajstić information content (AvgIpc) is 2.86. The minimum Gasteiger partial charge on any atom is -0.454 e. The lowest BCUT2D eigenvalue weighted by Crippen LogP contribution is -2.53. The largest absolute Gasteiger partial charge is 0.454 e. The maximum atomic E-state index is 12.5. The Kier molecular flexibility index (Phi) is 8.80. The number of amides is 1. The average molecular weight is 559 g/mol. The molecule has 4 rings (SSSR count). The number of nitrogens with one attached hydrogen (secondary N) is 1. The fourth-order valence-electron chi connectivity index (χ4n) is 4.91. The number of sulfonamides is 1. The monoisotopic (exact) mass is 558 g/mol. The van der Waals surface area contributed by atoms with Gasteiger partial charge in [0.05, 0.1) is 31.9 Å². The lowest BCUT2D eigenvalue weighted by Gasteiger charge is -2.42. The van der Waals surface area contributed by atoms with E-state index in [0.717, 1.165) is 35.1 Å². The van der Waals surface area contributed by atoms with E-state index >= 15 is 0 Å². The normalized spacial score (nSPS) is 20.4. The van der Waals surface area contributed by atoms with Crippen molar-refractivity contribution in [1.29, 1.82) is 0 Å². The lowest BCUT2D eigenvalue weighted by molar-refractivity contribution is -0.305. The van der Waals surface area contributed by atoms with Gasteiger partial charge in [-0.15, -0.1) is 0 Å². The molecule has 2 fully saturated rings. The Bertz CT molecular complexity index is 1260. The molecule has 2 aliphatic heterocycles. The van der Waals surface area contributed by atoms with E-state index in [4.69, 9.17) is 14.2 Å². The fourth-order valence-corrected chi connectivity index (χ4v) is 5.43. The zero-order valence-electron chi connectivity index (χ0n) is 23.1. The molecule has 212 valence electrons. The van der Waals surface area contributed by atoms with Crippen LogP contribution >= 0.6 is 0 Å². The van der Waals surface area contributed by atoms with E-state index in [1.165, 1.54) is 6.92 Å². The molecule has 2 aromatic rings. The zero-order chi connectivity index (χ0) is 28.3. The summed E-state index contributed by atoms with van der Waals surface area (Å²) < 4.78 is 42.1. The molecule has 0 aliphatic carbocycles. The number of carbonyl (C=O) groups is 2. The van der Waals surface area contributed by atoms with Crippen LogP contribution in [0.25, 0.3) is 0 Å². The predicted octanol–water partition coefficient (Wildman–Crippen LogP) is 3.66. The minimum atomic E-state index is -3.18. The molecule has 39 heavy (non-hydrogen) atoms. The van der Waals surface area contributed by atoms with E-state index in [2.05, 4.69) is 29.0 Å². The van der Waals surface area contributed by atoms with Crippen LogP contribution in [0, 0.1) is 0 Å². The number of hydrogen-bond acceptors (Lipinski definition) is 7. The summed E-state index contributed by atoms with van der Waals surface area (Å²) in [5.41, 5.74) is 3.29. The highest BCUT2D eigenvalue weighted by Crippen LogP contribution is 2.39. The number of carbonyl (C=O) groups excluding carboxylic acids is 2. The van der Waals surface area contributed by atoms with E-state index in [-0.39, 0.29) is 31.1 Å². The molecule has 1 N–H and O–H groups in total. The van der Waals surface area contributed by atoms with Crippen LogP contribution in [0.15, 0.2) is 48.5 Å². The van der Waals surface area contributed by atoms with Gasteiger partial charge in [-0.05, 0) is 68.4 Å². The summed E-state index contributed by atoms with van der Waals surface area (Å²) in [6, 6.07) is 16.1. The number of hydrogen-bond donors (Lipinski definition) is 1. The van der Waals surface area contributed by atoms with Crippen molar-refractivity contribution < 1.29 is 32.2 Å². The number of β-lactam (4-membered cyclic amide) rings is 1. The van der Waals surface area contributed by atoms with Crippen LogP contribution in [0.4, 0.5) is 5.69 Å². The highest BCUT2D eigenvalue weighted by atomic mass is 32.2. The molecule has 10 heteroatoms.